The maximum absolute atomic E-state index is 5.51. The Kier molecular flexibility index (Phi) is 4.55. The van der Waals surface area contributed by atoms with E-state index in [4.69, 9.17) is 19.6 Å². The summed E-state index contributed by atoms with van der Waals surface area (Å²) in [6.45, 7) is 2.63. The van der Waals surface area contributed by atoms with Crippen LogP contribution in [0.15, 0.2) is 36.0 Å². The number of nitrogens with zero attached hydrogens (tertiary/aromatic N) is 7. The molecule has 0 fully saturated rings. The maximum Gasteiger partial charge on any atom is 0.241 e. The zero-order valence-corrected chi connectivity index (χ0v) is 17.6. The lowest BCUT2D eigenvalue weighted by atomic mass is 10.2. The minimum atomic E-state index is 0.491. The molecule has 0 N–H and O–H groups in total. The molecule has 0 saturated carbocycles. The van der Waals surface area contributed by atoms with Gasteiger partial charge in [-0.05, 0) is 25.5 Å². The van der Waals surface area contributed by atoms with Crippen LogP contribution in [0.1, 0.15) is 11.4 Å². The Hall–Kier alpha value is -3.53. The molecule has 0 saturated heterocycles. The Morgan fingerprint density at radius 1 is 1.03 bits per heavy atom. The summed E-state index contributed by atoms with van der Waals surface area (Å²) in [5.74, 6) is 3.28. The Morgan fingerprint density at radius 3 is 2.67 bits per heavy atom. The highest BCUT2D eigenvalue weighted by Gasteiger charge is 2.29. The molecule has 0 aliphatic carbocycles. The SMILES string of the molecule is COc1ccc(N2CCc3c2nc(C)nc3-n2ccc(-c3nccs3)n2)c(OC)n1. The Bertz CT molecular complexity index is 1210. The van der Waals surface area contributed by atoms with E-state index in [9.17, 15) is 0 Å². The monoisotopic (exact) mass is 421 g/mol. The first kappa shape index (κ1) is 18.5. The lowest BCUT2D eigenvalue weighted by Gasteiger charge is -2.21. The molecule has 1 aliphatic heterocycles. The fraction of sp³-hybridized carbons (Fsp3) is 0.250. The summed E-state index contributed by atoms with van der Waals surface area (Å²) in [5, 5.41) is 7.52. The molecular formula is C20H19N7O2S. The van der Waals surface area contributed by atoms with Gasteiger partial charge < -0.3 is 14.4 Å². The van der Waals surface area contributed by atoms with Gasteiger partial charge in [-0.3, -0.25) is 0 Å². The second kappa shape index (κ2) is 7.38. The van der Waals surface area contributed by atoms with Crippen molar-refractivity contribution in [1.29, 1.82) is 0 Å². The lowest BCUT2D eigenvalue weighted by Crippen LogP contribution is -2.16. The molecule has 0 bridgehead atoms. The highest BCUT2D eigenvalue weighted by Crippen LogP contribution is 2.40. The van der Waals surface area contributed by atoms with Crippen molar-refractivity contribution in [2.75, 3.05) is 25.7 Å². The summed E-state index contributed by atoms with van der Waals surface area (Å²) < 4.78 is 12.5. The molecule has 5 heterocycles. The summed E-state index contributed by atoms with van der Waals surface area (Å²) in [4.78, 5) is 20.3. The molecule has 0 amide bonds. The summed E-state index contributed by atoms with van der Waals surface area (Å²) in [6.07, 6.45) is 4.48. The van der Waals surface area contributed by atoms with Crippen molar-refractivity contribution < 1.29 is 9.47 Å². The van der Waals surface area contributed by atoms with Crippen LogP contribution in [-0.4, -0.2) is 50.5 Å². The molecule has 4 aromatic heterocycles. The van der Waals surface area contributed by atoms with E-state index in [-0.39, 0.29) is 0 Å². The van der Waals surface area contributed by atoms with Gasteiger partial charge in [0.05, 0.1) is 14.2 Å². The van der Waals surface area contributed by atoms with E-state index in [0.717, 1.165) is 46.6 Å². The molecule has 0 aromatic carbocycles. The van der Waals surface area contributed by atoms with Crippen LogP contribution in [0.2, 0.25) is 0 Å². The van der Waals surface area contributed by atoms with Crippen molar-refractivity contribution in [1.82, 2.24) is 29.7 Å². The van der Waals surface area contributed by atoms with E-state index >= 15 is 0 Å². The molecule has 1 aliphatic rings. The topological polar surface area (TPSA) is 91.1 Å². The quantitative estimate of drug-likeness (QED) is 0.485. The standard InChI is InChI=1S/C20H19N7O2S/c1-12-22-17-13(6-9-26(17)15-4-5-16(28-2)24-19(15)29-3)18(23-12)27-10-7-14(25-27)20-21-8-11-30-20/h4-5,7-8,10-11H,6,9H2,1-3H3. The zero-order chi connectivity index (χ0) is 20.7. The first-order valence-electron chi connectivity index (χ1n) is 9.38. The number of pyridine rings is 1. The number of fused-ring (bicyclic) bond motifs is 1. The van der Waals surface area contributed by atoms with Crippen LogP contribution >= 0.6 is 11.3 Å². The number of aromatic nitrogens is 6. The van der Waals surface area contributed by atoms with Crippen LogP contribution in [0.5, 0.6) is 11.8 Å². The highest BCUT2D eigenvalue weighted by atomic mass is 32.1. The van der Waals surface area contributed by atoms with Crippen LogP contribution < -0.4 is 14.4 Å². The Balaban J connectivity index is 1.58. The third-order valence-electron chi connectivity index (χ3n) is 4.88. The van der Waals surface area contributed by atoms with E-state index < -0.39 is 0 Å². The van der Waals surface area contributed by atoms with Gasteiger partial charge in [0.25, 0.3) is 0 Å². The van der Waals surface area contributed by atoms with Crippen LogP contribution in [0.3, 0.4) is 0 Å². The average Bonchev–Trinajstić information content (AvgIpc) is 3.52. The van der Waals surface area contributed by atoms with E-state index in [1.165, 1.54) is 0 Å². The smallest absolute Gasteiger partial charge is 0.241 e. The van der Waals surface area contributed by atoms with Crippen molar-refractivity contribution in [3.63, 3.8) is 0 Å². The first-order valence-corrected chi connectivity index (χ1v) is 10.3. The first-order chi connectivity index (χ1) is 14.7. The number of anilines is 2. The molecule has 0 spiro atoms. The lowest BCUT2D eigenvalue weighted by molar-refractivity contribution is 0.365. The van der Waals surface area contributed by atoms with Gasteiger partial charge in [0, 0.05) is 35.9 Å². The molecule has 0 unspecified atom stereocenters. The maximum atomic E-state index is 5.51. The van der Waals surface area contributed by atoms with Crippen molar-refractivity contribution in [2.24, 2.45) is 0 Å². The number of rotatable bonds is 5. The van der Waals surface area contributed by atoms with E-state index in [2.05, 4.69) is 19.9 Å². The van der Waals surface area contributed by atoms with Gasteiger partial charge in [-0.1, -0.05) is 0 Å². The molecule has 0 atom stereocenters. The Labute approximate surface area is 177 Å². The normalized spacial score (nSPS) is 12.8. The highest BCUT2D eigenvalue weighted by molar-refractivity contribution is 7.13. The number of thiazole rings is 1. The summed E-state index contributed by atoms with van der Waals surface area (Å²) in [5.41, 5.74) is 2.70. The molecule has 152 valence electrons. The van der Waals surface area contributed by atoms with Gasteiger partial charge in [0.1, 0.15) is 28.0 Å². The number of methoxy groups -OCH3 is 2. The van der Waals surface area contributed by atoms with Gasteiger partial charge in [-0.15, -0.1) is 11.3 Å². The van der Waals surface area contributed by atoms with Gasteiger partial charge in [0.2, 0.25) is 11.8 Å². The van der Waals surface area contributed by atoms with E-state index in [1.807, 2.05) is 36.7 Å². The summed E-state index contributed by atoms with van der Waals surface area (Å²) in [6, 6.07) is 5.70. The van der Waals surface area contributed by atoms with Crippen LogP contribution in [0.25, 0.3) is 16.5 Å². The Morgan fingerprint density at radius 2 is 1.90 bits per heavy atom. The average molecular weight is 421 g/mol. The third kappa shape index (κ3) is 3.05. The van der Waals surface area contributed by atoms with Crippen molar-refractivity contribution >= 4 is 22.8 Å². The fourth-order valence-corrected chi connectivity index (χ4v) is 4.16. The van der Waals surface area contributed by atoms with Crippen molar-refractivity contribution in [2.45, 2.75) is 13.3 Å². The zero-order valence-electron chi connectivity index (χ0n) is 16.7. The minimum absolute atomic E-state index is 0.491. The van der Waals surface area contributed by atoms with Gasteiger partial charge in [0.15, 0.2) is 5.82 Å². The fourth-order valence-electron chi connectivity index (χ4n) is 3.56. The summed E-state index contributed by atoms with van der Waals surface area (Å²) in [7, 11) is 3.18. The number of hydrogen-bond donors (Lipinski definition) is 0. The predicted octanol–water partition coefficient (Wildman–Crippen LogP) is 3.20. The molecule has 10 heteroatoms. The number of ether oxygens (including phenoxy) is 2. The van der Waals surface area contributed by atoms with Crippen molar-refractivity contribution in [3.8, 4) is 28.3 Å². The second-order valence-corrected chi connectivity index (χ2v) is 7.56. The molecule has 5 rings (SSSR count). The molecule has 30 heavy (non-hydrogen) atoms. The van der Waals surface area contributed by atoms with E-state index in [1.54, 1.807) is 36.4 Å². The molecule has 4 aromatic rings. The van der Waals surface area contributed by atoms with Crippen LogP contribution in [-0.2, 0) is 6.42 Å². The van der Waals surface area contributed by atoms with Crippen LogP contribution in [0, 0.1) is 6.92 Å². The third-order valence-corrected chi connectivity index (χ3v) is 5.68. The summed E-state index contributed by atoms with van der Waals surface area (Å²) >= 11 is 1.56. The second-order valence-electron chi connectivity index (χ2n) is 6.66. The number of hydrogen-bond acceptors (Lipinski definition) is 9. The predicted molar refractivity (Wildman–Crippen MR) is 113 cm³/mol. The minimum Gasteiger partial charge on any atom is -0.481 e. The van der Waals surface area contributed by atoms with E-state index in [0.29, 0.717) is 17.6 Å². The van der Waals surface area contributed by atoms with Gasteiger partial charge in [-0.25, -0.2) is 19.6 Å². The van der Waals surface area contributed by atoms with Crippen LogP contribution in [0.4, 0.5) is 11.5 Å². The molecular weight excluding hydrogens is 402 g/mol. The van der Waals surface area contributed by atoms with Crippen molar-refractivity contribution in [3.05, 3.63) is 47.4 Å². The molecule has 9 nitrogen and oxygen atoms in total. The van der Waals surface area contributed by atoms with Gasteiger partial charge >= 0.3 is 0 Å². The molecule has 0 radical (unpaired) electrons. The largest absolute Gasteiger partial charge is 0.481 e. The number of aryl methyl sites for hydroxylation is 1. The van der Waals surface area contributed by atoms with Gasteiger partial charge in [-0.2, -0.15) is 10.1 Å².